The summed E-state index contributed by atoms with van der Waals surface area (Å²) in [6.07, 6.45) is 1.39. The summed E-state index contributed by atoms with van der Waals surface area (Å²) in [5.74, 6) is 0.812. The summed E-state index contributed by atoms with van der Waals surface area (Å²) in [5, 5.41) is 7.39. The van der Waals surface area contributed by atoms with Gasteiger partial charge >= 0.3 is 5.97 Å². The highest BCUT2D eigenvalue weighted by Gasteiger charge is 2.11. The summed E-state index contributed by atoms with van der Waals surface area (Å²) < 4.78 is 15.6. The molecule has 22 heavy (non-hydrogen) atoms. The molecule has 3 N–H and O–H groups in total. The number of hydrogen-bond acceptors (Lipinski definition) is 7. The Kier molecular flexibility index (Phi) is 6.48. The summed E-state index contributed by atoms with van der Waals surface area (Å²) in [4.78, 5) is 15.0. The largest absolute Gasteiger partial charge is 0.496 e. The lowest BCUT2D eigenvalue weighted by Gasteiger charge is -2.11. The molecule has 0 aliphatic heterocycles. The molecular weight excluding hydrogens is 292 g/mol. The minimum atomic E-state index is -0.555. The van der Waals surface area contributed by atoms with Crippen LogP contribution in [-0.4, -0.2) is 39.5 Å². The fourth-order valence-electron chi connectivity index (χ4n) is 1.45. The second-order valence-electron chi connectivity index (χ2n) is 3.87. The summed E-state index contributed by atoms with van der Waals surface area (Å²) in [5.41, 5.74) is 8.11. The fourth-order valence-corrected chi connectivity index (χ4v) is 1.45. The number of carbonyl (C=O) groups excluding carboxylic acids is 1. The Labute approximate surface area is 127 Å². The number of ether oxygens (including phenoxy) is 3. The van der Waals surface area contributed by atoms with Crippen LogP contribution in [0.2, 0.25) is 0 Å². The lowest BCUT2D eigenvalue weighted by molar-refractivity contribution is -0.145. The zero-order valence-corrected chi connectivity index (χ0v) is 12.7. The summed E-state index contributed by atoms with van der Waals surface area (Å²) in [6, 6.07) is 3.35. The molecule has 1 aromatic rings. The lowest BCUT2D eigenvalue weighted by Crippen LogP contribution is -2.32. The van der Waals surface area contributed by atoms with Gasteiger partial charge < -0.3 is 24.8 Å². The van der Waals surface area contributed by atoms with Crippen LogP contribution in [0.15, 0.2) is 22.3 Å². The van der Waals surface area contributed by atoms with E-state index in [1.807, 2.05) is 0 Å². The monoisotopic (exact) mass is 310 g/mol. The van der Waals surface area contributed by atoms with E-state index < -0.39 is 5.97 Å². The molecule has 0 atom stereocenters. The molecule has 0 unspecified atom stereocenters. The smallest absolute Gasteiger partial charge is 0.329 e. The Morgan fingerprint density at radius 3 is 2.23 bits per heavy atom. The highest BCUT2D eigenvalue weighted by Crippen LogP contribution is 2.32. The number of nitrogens with one attached hydrogen (secondary N) is 1. The number of nitrogens with zero attached hydrogens (tertiary/aromatic N) is 2. The van der Waals surface area contributed by atoms with E-state index in [1.165, 1.54) is 34.5 Å². The molecule has 0 aliphatic rings. The Morgan fingerprint density at radius 1 is 1.18 bits per heavy atom. The summed E-state index contributed by atoms with van der Waals surface area (Å²) in [7, 11) is 4.55. The zero-order valence-electron chi connectivity index (χ0n) is 12.7. The van der Waals surface area contributed by atoms with Crippen LogP contribution in [0.25, 0.3) is 0 Å². The number of guanidine groups is 1. The lowest BCUT2D eigenvalue weighted by atomic mass is 10.2. The Balaban J connectivity index is 2.98. The van der Waals surface area contributed by atoms with Crippen LogP contribution in [0.4, 0.5) is 0 Å². The van der Waals surface area contributed by atoms with Gasteiger partial charge in [0, 0.05) is 19.1 Å². The predicted octanol–water partition coefficient (Wildman–Crippen LogP) is 0.429. The van der Waals surface area contributed by atoms with E-state index in [0.29, 0.717) is 22.8 Å². The van der Waals surface area contributed by atoms with Crippen molar-refractivity contribution in [3.63, 3.8) is 0 Å². The van der Waals surface area contributed by atoms with E-state index in [0.717, 1.165) is 0 Å². The number of hydroxylamine groups is 1. The van der Waals surface area contributed by atoms with Crippen molar-refractivity contribution >= 4 is 18.1 Å². The van der Waals surface area contributed by atoms with Crippen LogP contribution >= 0.6 is 0 Å². The molecule has 0 aromatic heterocycles. The van der Waals surface area contributed by atoms with Gasteiger partial charge in [0.05, 0.1) is 33.1 Å². The second kappa shape index (κ2) is 8.35. The summed E-state index contributed by atoms with van der Waals surface area (Å²) >= 11 is 0. The third kappa shape index (κ3) is 4.85. The average molecular weight is 310 g/mol. The van der Waals surface area contributed by atoms with Gasteiger partial charge in [-0.1, -0.05) is 0 Å². The van der Waals surface area contributed by atoms with Crippen molar-refractivity contribution < 1.29 is 23.8 Å². The molecule has 0 fully saturated rings. The maximum absolute atomic E-state index is 10.6. The van der Waals surface area contributed by atoms with Crippen LogP contribution < -0.4 is 25.4 Å². The van der Waals surface area contributed by atoms with E-state index in [9.17, 15) is 4.79 Å². The predicted molar refractivity (Wildman–Crippen MR) is 80.2 cm³/mol. The number of hydrogen-bond donors (Lipinski definition) is 2. The van der Waals surface area contributed by atoms with Crippen molar-refractivity contribution in [1.82, 2.24) is 5.48 Å². The topological polar surface area (TPSA) is 117 Å². The Bertz CT molecular complexity index is 561. The van der Waals surface area contributed by atoms with Gasteiger partial charge in [0.1, 0.15) is 17.2 Å². The highest BCUT2D eigenvalue weighted by atomic mass is 16.7. The molecule has 0 heterocycles. The van der Waals surface area contributed by atoms with E-state index >= 15 is 0 Å². The van der Waals surface area contributed by atoms with Crippen LogP contribution in [0.1, 0.15) is 12.5 Å². The molecule has 0 saturated heterocycles. The highest BCUT2D eigenvalue weighted by molar-refractivity contribution is 5.88. The molecule has 0 spiro atoms. The van der Waals surface area contributed by atoms with Crippen molar-refractivity contribution in [2.75, 3.05) is 21.3 Å². The Hall–Kier alpha value is -2.97. The van der Waals surface area contributed by atoms with Gasteiger partial charge in [0.2, 0.25) is 5.96 Å². The van der Waals surface area contributed by atoms with Gasteiger partial charge in [-0.3, -0.25) is 4.79 Å². The molecule has 120 valence electrons. The van der Waals surface area contributed by atoms with Gasteiger partial charge in [0.15, 0.2) is 0 Å². The van der Waals surface area contributed by atoms with Crippen LogP contribution in [0.5, 0.6) is 17.2 Å². The number of methoxy groups -OCH3 is 3. The molecular formula is C13H18N4O5. The summed E-state index contributed by atoms with van der Waals surface area (Å²) in [6.45, 7) is 1.22. The first-order valence-electron chi connectivity index (χ1n) is 6.11. The van der Waals surface area contributed by atoms with Crippen LogP contribution in [0.3, 0.4) is 0 Å². The molecule has 1 rings (SSSR count). The molecule has 1 aromatic carbocycles. The number of rotatable bonds is 5. The standard InChI is InChI=1S/C13H18N4O5/c1-8(18)22-17-13(14)16-15-7-10-11(20-3)5-9(19-2)6-12(10)21-4/h5-7H,1-4H3,(H3,14,16,17). The molecule has 0 amide bonds. The maximum Gasteiger partial charge on any atom is 0.329 e. The molecule has 9 heteroatoms. The van der Waals surface area contributed by atoms with Crippen LogP contribution in [-0.2, 0) is 9.63 Å². The van der Waals surface area contributed by atoms with E-state index in [1.54, 1.807) is 12.1 Å². The first kappa shape index (κ1) is 17.1. The van der Waals surface area contributed by atoms with E-state index in [4.69, 9.17) is 19.9 Å². The molecule has 0 aliphatic carbocycles. The van der Waals surface area contributed by atoms with Gasteiger partial charge in [-0.2, -0.15) is 10.6 Å². The van der Waals surface area contributed by atoms with Crippen molar-refractivity contribution in [2.24, 2.45) is 15.9 Å². The van der Waals surface area contributed by atoms with E-state index in [-0.39, 0.29) is 5.96 Å². The first-order chi connectivity index (χ1) is 10.5. The number of benzene rings is 1. The fraction of sp³-hybridized carbons (Fsp3) is 0.308. The minimum Gasteiger partial charge on any atom is -0.496 e. The van der Waals surface area contributed by atoms with Crippen LogP contribution in [0, 0.1) is 0 Å². The third-order valence-corrected chi connectivity index (χ3v) is 2.40. The van der Waals surface area contributed by atoms with Gasteiger partial charge in [-0.15, -0.1) is 5.10 Å². The SMILES string of the molecule is COc1cc(OC)c(C=NN=C(N)NOC(C)=O)c(OC)c1. The number of carbonyl (C=O) groups is 1. The minimum absolute atomic E-state index is 0.183. The van der Waals surface area contributed by atoms with Crippen molar-refractivity contribution in [3.8, 4) is 17.2 Å². The maximum atomic E-state index is 10.6. The Morgan fingerprint density at radius 2 is 1.77 bits per heavy atom. The normalized spacial score (nSPS) is 11.2. The number of nitrogens with two attached hydrogens (primary N) is 1. The first-order valence-corrected chi connectivity index (χ1v) is 6.11. The van der Waals surface area contributed by atoms with Gasteiger partial charge in [-0.25, -0.2) is 0 Å². The van der Waals surface area contributed by atoms with Gasteiger partial charge in [0.25, 0.3) is 0 Å². The molecule has 0 saturated carbocycles. The zero-order chi connectivity index (χ0) is 16.5. The quantitative estimate of drug-likeness (QED) is 0.460. The molecule has 0 bridgehead atoms. The third-order valence-electron chi connectivity index (χ3n) is 2.40. The van der Waals surface area contributed by atoms with Gasteiger partial charge in [-0.05, 0) is 0 Å². The van der Waals surface area contributed by atoms with E-state index in [2.05, 4.69) is 20.5 Å². The van der Waals surface area contributed by atoms with Crippen molar-refractivity contribution in [3.05, 3.63) is 17.7 Å². The average Bonchev–Trinajstić information content (AvgIpc) is 2.52. The van der Waals surface area contributed by atoms with Crippen molar-refractivity contribution in [1.29, 1.82) is 0 Å². The molecule has 9 nitrogen and oxygen atoms in total. The van der Waals surface area contributed by atoms with Crippen molar-refractivity contribution in [2.45, 2.75) is 6.92 Å². The molecule has 0 radical (unpaired) electrons. The second-order valence-corrected chi connectivity index (χ2v) is 3.87.